The van der Waals surface area contributed by atoms with E-state index in [4.69, 9.17) is 16.3 Å². The Morgan fingerprint density at radius 3 is 2.59 bits per heavy atom. The third-order valence-corrected chi connectivity index (χ3v) is 5.31. The average Bonchev–Trinajstić information content (AvgIpc) is 2.52. The molecule has 0 aliphatic carbocycles. The zero-order valence-corrected chi connectivity index (χ0v) is 13.4. The molecule has 22 heavy (non-hydrogen) atoms. The minimum atomic E-state index is -3.54. The Morgan fingerprint density at radius 1 is 1.09 bits per heavy atom. The van der Waals surface area contributed by atoms with Crippen LogP contribution in [0.25, 0.3) is 11.1 Å². The van der Waals surface area contributed by atoms with Crippen LogP contribution in [0.2, 0.25) is 0 Å². The maximum absolute atomic E-state index is 12.2. The van der Waals surface area contributed by atoms with Gasteiger partial charge in [0.15, 0.2) is 0 Å². The van der Waals surface area contributed by atoms with Gasteiger partial charge in [-0.05, 0) is 29.7 Å². The molecular weight excluding hydrogens is 322 g/mol. The quantitative estimate of drug-likeness (QED) is 0.862. The first-order valence-corrected chi connectivity index (χ1v) is 9.12. The molecule has 116 valence electrons. The normalized spacial score (nSPS) is 18.9. The number of halogens is 1. The number of ether oxygens (including phenoxy) is 1. The van der Waals surface area contributed by atoms with E-state index in [2.05, 4.69) is 4.72 Å². The molecule has 0 bridgehead atoms. The summed E-state index contributed by atoms with van der Waals surface area (Å²) in [5, 5.41) is 0. The van der Waals surface area contributed by atoms with Crippen molar-refractivity contribution in [2.24, 2.45) is 0 Å². The highest BCUT2D eigenvalue weighted by molar-refractivity contribution is 7.93. The van der Waals surface area contributed by atoms with Gasteiger partial charge < -0.3 is 4.74 Å². The molecule has 0 fully saturated rings. The van der Waals surface area contributed by atoms with Crippen molar-refractivity contribution in [2.45, 2.75) is 18.3 Å². The van der Waals surface area contributed by atoms with Crippen LogP contribution in [0.15, 0.2) is 48.5 Å². The molecule has 3 rings (SSSR count). The van der Waals surface area contributed by atoms with Crippen LogP contribution in [0.5, 0.6) is 5.75 Å². The fraction of sp³-hybridized carbons (Fsp3) is 0.250. The summed E-state index contributed by atoms with van der Waals surface area (Å²) in [6, 6.07) is 15.3. The molecule has 6 heteroatoms. The van der Waals surface area contributed by atoms with Crippen LogP contribution in [0.3, 0.4) is 0 Å². The lowest BCUT2D eigenvalue weighted by Crippen LogP contribution is -2.36. The van der Waals surface area contributed by atoms with E-state index in [1.54, 1.807) is 12.1 Å². The van der Waals surface area contributed by atoms with Crippen LogP contribution in [-0.4, -0.2) is 19.7 Å². The van der Waals surface area contributed by atoms with Gasteiger partial charge in [-0.3, -0.25) is 4.72 Å². The summed E-state index contributed by atoms with van der Waals surface area (Å²) < 4.78 is 32.7. The summed E-state index contributed by atoms with van der Waals surface area (Å²) in [5.74, 6) is 0.962. The number of benzene rings is 2. The summed E-state index contributed by atoms with van der Waals surface area (Å²) in [4.78, 5) is 0. The number of fused-ring (bicyclic) bond motifs is 1. The summed E-state index contributed by atoms with van der Waals surface area (Å²) in [6.45, 7) is 0. The molecule has 1 unspecified atom stereocenters. The molecule has 0 saturated heterocycles. The van der Waals surface area contributed by atoms with Crippen LogP contribution < -0.4 is 9.46 Å². The van der Waals surface area contributed by atoms with Crippen LogP contribution in [0, 0.1) is 0 Å². The highest BCUT2D eigenvalue weighted by atomic mass is 35.5. The Kier molecular flexibility index (Phi) is 4.27. The molecule has 4 nitrogen and oxygen atoms in total. The lowest BCUT2D eigenvalue weighted by atomic mass is 10.1. The minimum absolute atomic E-state index is 0.374. The predicted octanol–water partition coefficient (Wildman–Crippen LogP) is 3.83. The molecule has 0 saturated carbocycles. The second-order valence-electron chi connectivity index (χ2n) is 5.10. The fourth-order valence-corrected chi connectivity index (χ4v) is 3.86. The third-order valence-electron chi connectivity index (χ3n) is 3.52. The summed E-state index contributed by atoms with van der Waals surface area (Å²) in [5.41, 5.74) is 1.54. The molecule has 1 heterocycles. The third kappa shape index (κ3) is 3.05. The second kappa shape index (κ2) is 6.18. The Bertz CT molecular complexity index is 762. The topological polar surface area (TPSA) is 55.4 Å². The Hall–Kier alpha value is -1.72. The van der Waals surface area contributed by atoms with Crippen molar-refractivity contribution in [3.05, 3.63) is 48.5 Å². The fourth-order valence-electron chi connectivity index (χ4n) is 2.40. The molecule has 1 atom stereocenters. The van der Waals surface area contributed by atoms with Gasteiger partial charge in [-0.15, -0.1) is 11.6 Å². The molecule has 0 amide bonds. The van der Waals surface area contributed by atoms with Crippen LogP contribution in [-0.2, 0) is 10.0 Å². The molecule has 1 aliphatic rings. The van der Waals surface area contributed by atoms with Crippen molar-refractivity contribution in [3.63, 3.8) is 0 Å². The maximum Gasteiger partial charge on any atom is 0.271 e. The monoisotopic (exact) mass is 337 g/mol. The lowest BCUT2D eigenvalue weighted by molar-refractivity contribution is 0.259. The second-order valence-corrected chi connectivity index (χ2v) is 7.30. The molecule has 0 aromatic heterocycles. The van der Waals surface area contributed by atoms with Crippen molar-refractivity contribution in [1.29, 1.82) is 0 Å². The summed E-state index contributed by atoms with van der Waals surface area (Å²) in [6.07, 6.45) is 0.962. The number of anilines is 1. The van der Waals surface area contributed by atoms with E-state index < -0.39 is 15.5 Å². The number of sulfonamides is 1. The van der Waals surface area contributed by atoms with Crippen molar-refractivity contribution >= 4 is 27.3 Å². The van der Waals surface area contributed by atoms with Gasteiger partial charge in [0.05, 0.1) is 5.69 Å². The van der Waals surface area contributed by atoms with E-state index in [-0.39, 0.29) is 0 Å². The van der Waals surface area contributed by atoms with Gasteiger partial charge in [-0.25, -0.2) is 8.42 Å². The van der Waals surface area contributed by atoms with E-state index in [1.165, 1.54) is 0 Å². The van der Waals surface area contributed by atoms with Gasteiger partial charge in [0.2, 0.25) is 5.44 Å². The number of rotatable bonds is 4. The highest BCUT2D eigenvalue weighted by Gasteiger charge is 2.33. The molecule has 0 radical (unpaired) electrons. The molecule has 1 aliphatic heterocycles. The summed E-state index contributed by atoms with van der Waals surface area (Å²) >= 11 is 5.63. The van der Waals surface area contributed by atoms with Gasteiger partial charge in [0.1, 0.15) is 5.75 Å². The van der Waals surface area contributed by atoms with Crippen molar-refractivity contribution in [2.75, 3.05) is 10.6 Å². The largest absolute Gasteiger partial charge is 0.470 e. The molecular formula is C16H16ClNO3S. The van der Waals surface area contributed by atoms with Gasteiger partial charge in [0.25, 0.3) is 10.0 Å². The Balaban J connectivity index is 1.92. The maximum atomic E-state index is 12.2. The predicted molar refractivity (Wildman–Crippen MR) is 88.8 cm³/mol. The average molecular weight is 338 g/mol. The van der Waals surface area contributed by atoms with E-state index >= 15 is 0 Å². The minimum Gasteiger partial charge on any atom is -0.470 e. The SMILES string of the molecule is O=S1(=O)Nc2cc(-c3ccccc3)ccc2OC1CCCCl. The number of hydrogen-bond donors (Lipinski definition) is 1. The van der Waals surface area contributed by atoms with Crippen molar-refractivity contribution in [1.82, 2.24) is 0 Å². The van der Waals surface area contributed by atoms with E-state index in [9.17, 15) is 8.42 Å². The van der Waals surface area contributed by atoms with Crippen LogP contribution >= 0.6 is 11.6 Å². The van der Waals surface area contributed by atoms with Gasteiger partial charge in [0, 0.05) is 12.3 Å². The van der Waals surface area contributed by atoms with E-state index in [0.717, 1.165) is 11.1 Å². The first-order valence-electron chi connectivity index (χ1n) is 7.04. The van der Waals surface area contributed by atoms with Gasteiger partial charge in [-0.1, -0.05) is 36.4 Å². The van der Waals surface area contributed by atoms with Gasteiger partial charge in [-0.2, -0.15) is 0 Å². The van der Waals surface area contributed by atoms with Crippen molar-refractivity contribution in [3.8, 4) is 16.9 Å². The number of nitrogens with one attached hydrogen (secondary N) is 1. The Labute approximate surface area is 135 Å². The van der Waals surface area contributed by atoms with Crippen LogP contribution in [0.4, 0.5) is 5.69 Å². The smallest absolute Gasteiger partial charge is 0.271 e. The van der Waals surface area contributed by atoms with E-state index in [0.29, 0.717) is 30.2 Å². The molecule has 2 aromatic carbocycles. The summed E-state index contributed by atoms with van der Waals surface area (Å²) in [7, 11) is -3.54. The Morgan fingerprint density at radius 2 is 1.86 bits per heavy atom. The van der Waals surface area contributed by atoms with Gasteiger partial charge >= 0.3 is 0 Å². The molecule has 2 aromatic rings. The number of hydrogen-bond acceptors (Lipinski definition) is 3. The van der Waals surface area contributed by atoms with Crippen LogP contribution in [0.1, 0.15) is 12.8 Å². The van der Waals surface area contributed by atoms with E-state index in [1.807, 2.05) is 36.4 Å². The molecule has 1 N–H and O–H groups in total. The first kappa shape index (κ1) is 15.2. The highest BCUT2D eigenvalue weighted by Crippen LogP contribution is 2.36. The first-order chi connectivity index (χ1) is 10.6. The standard InChI is InChI=1S/C16H16ClNO3S/c17-10-4-7-16-21-15-9-8-13(12-5-2-1-3-6-12)11-14(15)18-22(16,19)20/h1-3,5-6,8-9,11,16,18H,4,7,10H2. The zero-order chi connectivity index (χ0) is 15.6. The number of alkyl halides is 1. The van der Waals surface area contributed by atoms with Crippen molar-refractivity contribution < 1.29 is 13.2 Å². The zero-order valence-electron chi connectivity index (χ0n) is 11.8. The lowest BCUT2D eigenvalue weighted by Gasteiger charge is -2.27. The molecule has 0 spiro atoms.